The van der Waals surface area contributed by atoms with Crippen LogP contribution < -0.4 is 14.4 Å². The molecule has 0 unspecified atom stereocenters. The number of nitrogens with one attached hydrogen (secondary N) is 1. The molecule has 0 aliphatic carbocycles. The van der Waals surface area contributed by atoms with Crippen LogP contribution in [-0.2, 0) is 24.3 Å². The lowest BCUT2D eigenvalue weighted by atomic mass is 9.94. The third kappa shape index (κ3) is 6.71. The largest absolute Gasteiger partial charge is 0.458 e. The molecule has 0 bridgehead atoms. The van der Waals surface area contributed by atoms with Gasteiger partial charge in [0.2, 0.25) is 5.54 Å². The summed E-state index contributed by atoms with van der Waals surface area (Å²) in [5.74, 6) is -1.78. The molecule has 0 radical (unpaired) electrons. The Labute approximate surface area is 231 Å². The van der Waals surface area contributed by atoms with Gasteiger partial charge in [-0.15, -0.1) is 11.8 Å². The number of ether oxygens (including phenoxy) is 2. The van der Waals surface area contributed by atoms with Crippen molar-refractivity contribution >= 4 is 45.3 Å². The molecule has 1 saturated heterocycles. The molecule has 212 valence electrons. The lowest BCUT2D eigenvalue weighted by molar-refractivity contribution is -0.162. The van der Waals surface area contributed by atoms with Gasteiger partial charge in [0.25, 0.3) is 10.0 Å². The molecular weight excluding hydrogens is 549 g/mol. The van der Waals surface area contributed by atoms with Crippen molar-refractivity contribution in [1.82, 2.24) is 10.2 Å². The highest BCUT2D eigenvalue weighted by Crippen LogP contribution is 2.37. The second-order valence-electron chi connectivity index (χ2n) is 10.1. The third-order valence-corrected chi connectivity index (χ3v) is 8.71. The summed E-state index contributed by atoms with van der Waals surface area (Å²) < 4.78 is 53.5. The SMILES string of the molecule is CN(C)C(=O)Oc1ccc(N([C@@](C)(C(=O)OC(C)(C)C)C(=O)[C@H]2NCCS2)S(=O)(=O)c2ccc(F)cc2)cc1. The number of Topliss-reactive ketones (excluding diaryl/α,β-unsaturated/α-hetero) is 1. The smallest absolute Gasteiger partial charge is 0.414 e. The maximum Gasteiger partial charge on any atom is 0.414 e. The van der Waals surface area contributed by atoms with Crippen molar-refractivity contribution in [1.29, 1.82) is 0 Å². The number of nitrogens with zero attached hydrogens (tertiary/aromatic N) is 2. The van der Waals surface area contributed by atoms with E-state index in [1.165, 1.54) is 61.9 Å². The molecule has 1 N–H and O–H groups in total. The minimum absolute atomic E-state index is 0.0753. The molecule has 1 fully saturated rings. The zero-order valence-corrected chi connectivity index (χ0v) is 24.2. The lowest BCUT2D eigenvalue weighted by Gasteiger charge is -2.40. The average Bonchev–Trinajstić information content (AvgIpc) is 3.38. The van der Waals surface area contributed by atoms with Crippen LogP contribution in [0.4, 0.5) is 14.9 Å². The summed E-state index contributed by atoms with van der Waals surface area (Å²) in [6.07, 6.45) is -0.656. The van der Waals surface area contributed by atoms with Crippen LogP contribution in [0.5, 0.6) is 5.75 Å². The van der Waals surface area contributed by atoms with E-state index in [1.54, 1.807) is 20.8 Å². The van der Waals surface area contributed by atoms with Gasteiger partial charge in [-0.25, -0.2) is 26.7 Å². The number of carbonyl (C=O) groups excluding carboxylic acids is 3. The molecule has 0 spiro atoms. The van der Waals surface area contributed by atoms with E-state index < -0.39 is 50.2 Å². The van der Waals surface area contributed by atoms with Gasteiger partial charge in [-0.05, 0) is 76.2 Å². The highest BCUT2D eigenvalue weighted by molar-refractivity contribution is 8.00. The Morgan fingerprint density at radius 1 is 1.00 bits per heavy atom. The number of hydrogen-bond acceptors (Lipinski definition) is 9. The van der Waals surface area contributed by atoms with Crippen LogP contribution in [0, 0.1) is 5.82 Å². The van der Waals surface area contributed by atoms with E-state index in [2.05, 4.69) is 5.32 Å². The number of anilines is 1. The molecule has 2 atom stereocenters. The Bertz CT molecular complexity index is 1320. The highest BCUT2D eigenvalue weighted by atomic mass is 32.2. The summed E-state index contributed by atoms with van der Waals surface area (Å²) in [5, 5.41) is 2.12. The predicted octanol–water partition coefficient (Wildman–Crippen LogP) is 3.41. The second kappa shape index (κ2) is 11.5. The fourth-order valence-electron chi connectivity index (χ4n) is 3.70. The Morgan fingerprint density at radius 3 is 2.08 bits per heavy atom. The first kappa shape index (κ1) is 30.4. The molecule has 1 heterocycles. The molecular formula is C26H32FN3O7S2. The topological polar surface area (TPSA) is 122 Å². The van der Waals surface area contributed by atoms with E-state index in [9.17, 15) is 27.2 Å². The zero-order valence-electron chi connectivity index (χ0n) is 22.6. The van der Waals surface area contributed by atoms with E-state index in [4.69, 9.17) is 9.47 Å². The van der Waals surface area contributed by atoms with Crippen molar-refractivity contribution in [2.45, 2.75) is 49.1 Å². The van der Waals surface area contributed by atoms with E-state index in [-0.39, 0.29) is 16.3 Å². The first-order chi connectivity index (χ1) is 18.1. The Kier molecular flexibility index (Phi) is 8.98. The summed E-state index contributed by atoms with van der Waals surface area (Å²) in [6.45, 7) is 6.49. The number of halogens is 1. The van der Waals surface area contributed by atoms with Crippen molar-refractivity contribution in [3.05, 3.63) is 54.3 Å². The van der Waals surface area contributed by atoms with E-state index in [1.807, 2.05) is 0 Å². The number of hydrogen-bond donors (Lipinski definition) is 1. The van der Waals surface area contributed by atoms with Gasteiger partial charge in [-0.1, -0.05) is 0 Å². The number of thioether (sulfide) groups is 1. The average molecular weight is 582 g/mol. The van der Waals surface area contributed by atoms with Gasteiger partial charge >= 0.3 is 12.1 Å². The van der Waals surface area contributed by atoms with Gasteiger partial charge in [0, 0.05) is 26.4 Å². The maximum absolute atomic E-state index is 14.2. The van der Waals surface area contributed by atoms with Gasteiger partial charge in [-0.3, -0.25) is 10.1 Å². The standard InChI is InChI=1S/C26H32FN3O7S2/c1-25(2,3)37-23(32)26(4,21(31)22-28-15-16-38-22)30(39(34,35)20-13-7-17(27)8-14-20)18-9-11-19(12-10-18)36-24(33)29(5)6/h7-14,22,28H,15-16H2,1-6H3/t22-,26+/m0/s1. The first-order valence-electron chi connectivity index (χ1n) is 12.0. The molecule has 2 aromatic rings. The monoisotopic (exact) mass is 581 g/mol. The number of carbonyl (C=O) groups is 3. The van der Waals surface area contributed by atoms with Crippen molar-refractivity contribution < 1.29 is 36.7 Å². The van der Waals surface area contributed by atoms with Gasteiger partial charge in [0.15, 0.2) is 5.78 Å². The number of sulfonamides is 1. The minimum Gasteiger partial charge on any atom is -0.458 e. The van der Waals surface area contributed by atoms with Gasteiger partial charge in [-0.2, -0.15) is 0 Å². The quantitative estimate of drug-likeness (QED) is 0.369. The van der Waals surface area contributed by atoms with Crippen LogP contribution in [-0.4, -0.2) is 74.1 Å². The van der Waals surface area contributed by atoms with Crippen LogP contribution in [0.15, 0.2) is 53.4 Å². The summed E-state index contributed by atoms with van der Waals surface area (Å²) in [6, 6.07) is 9.33. The van der Waals surface area contributed by atoms with Gasteiger partial charge in [0.05, 0.1) is 10.6 Å². The number of esters is 1. The summed E-state index contributed by atoms with van der Waals surface area (Å²) in [5.41, 5.74) is -3.50. The van der Waals surface area contributed by atoms with Crippen molar-refractivity contribution in [3.8, 4) is 5.75 Å². The number of benzene rings is 2. The van der Waals surface area contributed by atoms with Gasteiger partial charge in [0.1, 0.15) is 22.5 Å². The van der Waals surface area contributed by atoms with Crippen molar-refractivity contribution in [3.63, 3.8) is 0 Å². The molecule has 10 nitrogen and oxygen atoms in total. The molecule has 2 aromatic carbocycles. The number of ketones is 1. The van der Waals surface area contributed by atoms with Crippen LogP contribution in [0.2, 0.25) is 0 Å². The minimum atomic E-state index is -4.66. The molecule has 3 rings (SSSR count). The molecule has 1 amide bonds. The molecule has 0 saturated carbocycles. The number of amides is 1. The molecule has 13 heteroatoms. The van der Waals surface area contributed by atoms with Crippen molar-refractivity contribution in [2.75, 3.05) is 30.7 Å². The lowest BCUT2D eigenvalue weighted by Crippen LogP contribution is -2.65. The van der Waals surface area contributed by atoms with E-state index in [0.29, 0.717) is 16.6 Å². The second-order valence-corrected chi connectivity index (χ2v) is 13.1. The normalized spacial score (nSPS) is 17.2. The fourth-order valence-corrected chi connectivity index (χ4v) is 6.52. The fraction of sp³-hybridized carbons (Fsp3) is 0.423. The Hall–Kier alpha value is -3.16. The summed E-state index contributed by atoms with van der Waals surface area (Å²) >= 11 is 1.24. The molecule has 1 aliphatic heterocycles. The van der Waals surface area contributed by atoms with Crippen LogP contribution in [0.3, 0.4) is 0 Å². The summed E-state index contributed by atoms with van der Waals surface area (Å²) in [4.78, 5) is 40.6. The van der Waals surface area contributed by atoms with Gasteiger partial charge < -0.3 is 14.4 Å². The molecule has 39 heavy (non-hydrogen) atoms. The molecule has 0 aromatic heterocycles. The molecule has 1 aliphatic rings. The van der Waals surface area contributed by atoms with Crippen LogP contribution in [0.25, 0.3) is 0 Å². The highest BCUT2D eigenvalue weighted by Gasteiger charge is 2.56. The third-order valence-electron chi connectivity index (χ3n) is 5.63. The van der Waals surface area contributed by atoms with Crippen LogP contribution >= 0.6 is 11.8 Å². The van der Waals surface area contributed by atoms with E-state index in [0.717, 1.165) is 24.3 Å². The maximum atomic E-state index is 14.2. The summed E-state index contributed by atoms with van der Waals surface area (Å²) in [7, 11) is -1.66. The Morgan fingerprint density at radius 2 is 1.59 bits per heavy atom. The first-order valence-corrected chi connectivity index (χ1v) is 14.5. The van der Waals surface area contributed by atoms with E-state index >= 15 is 0 Å². The van der Waals surface area contributed by atoms with Crippen molar-refractivity contribution in [2.24, 2.45) is 0 Å². The number of rotatable bonds is 8. The Balaban J connectivity index is 2.24. The zero-order chi connectivity index (χ0) is 29.2. The van der Waals surface area contributed by atoms with Crippen LogP contribution in [0.1, 0.15) is 27.7 Å². The predicted molar refractivity (Wildman–Crippen MR) is 146 cm³/mol.